The highest BCUT2D eigenvalue weighted by Crippen LogP contribution is 2.49. The molecule has 0 bridgehead atoms. The van der Waals surface area contributed by atoms with E-state index >= 15 is 0 Å². The van der Waals surface area contributed by atoms with Crippen LogP contribution in [0, 0.1) is 0 Å². The van der Waals surface area contributed by atoms with Gasteiger partial charge in [-0.2, -0.15) is 0 Å². The maximum atomic E-state index is 13.7. The van der Waals surface area contributed by atoms with Gasteiger partial charge in [0.05, 0.1) is 50.0 Å². The van der Waals surface area contributed by atoms with Crippen LogP contribution in [-0.4, -0.2) is 55.5 Å². The van der Waals surface area contributed by atoms with Gasteiger partial charge in [0.25, 0.3) is 11.8 Å². The Morgan fingerprint density at radius 2 is 1.77 bits per heavy atom. The van der Waals surface area contributed by atoms with Gasteiger partial charge in [0, 0.05) is 11.6 Å². The molecule has 0 fully saturated rings. The van der Waals surface area contributed by atoms with Crippen LogP contribution in [0.4, 0.5) is 11.4 Å². The van der Waals surface area contributed by atoms with Crippen LogP contribution < -0.4 is 24.4 Å². The average Bonchev–Trinajstić information content (AvgIpc) is 3.18. The number of nitrogens with zero attached hydrogens (tertiary/aromatic N) is 3. The molecule has 10 heteroatoms. The highest BCUT2D eigenvalue weighted by molar-refractivity contribution is 6.18. The highest BCUT2D eigenvalue weighted by Gasteiger charge is 2.50. The van der Waals surface area contributed by atoms with Crippen molar-refractivity contribution in [2.24, 2.45) is 0 Å². The summed E-state index contributed by atoms with van der Waals surface area (Å²) in [5, 5.41) is 2.74. The number of pyridine rings is 1. The molecule has 178 valence electrons. The van der Waals surface area contributed by atoms with Crippen molar-refractivity contribution in [3.8, 4) is 17.4 Å². The number of hydrogen-bond acceptors (Lipinski definition) is 7. The minimum Gasteiger partial charge on any atom is -0.493 e. The van der Waals surface area contributed by atoms with Crippen LogP contribution in [-0.2, 0) is 4.79 Å². The van der Waals surface area contributed by atoms with Crippen molar-refractivity contribution >= 4 is 29.1 Å². The third-order valence-corrected chi connectivity index (χ3v) is 6.03. The number of benzene rings is 2. The Morgan fingerprint density at radius 1 is 0.971 bits per heavy atom. The lowest BCUT2D eigenvalue weighted by molar-refractivity contribution is -0.117. The van der Waals surface area contributed by atoms with Gasteiger partial charge < -0.3 is 24.4 Å². The first-order valence-electron chi connectivity index (χ1n) is 10.8. The molecule has 2 aliphatic heterocycles. The van der Waals surface area contributed by atoms with E-state index in [1.165, 1.54) is 37.3 Å². The molecule has 2 aliphatic rings. The number of fused-ring (bicyclic) bond motifs is 5. The summed E-state index contributed by atoms with van der Waals surface area (Å²) in [6.45, 7) is -0.290. The van der Waals surface area contributed by atoms with E-state index in [1.54, 1.807) is 48.5 Å². The fourth-order valence-electron chi connectivity index (χ4n) is 4.52. The molecule has 3 heterocycles. The minimum atomic E-state index is -0.820. The summed E-state index contributed by atoms with van der Waals surface area (Å²) < 4.78 is 15.9. The number of hydrogen-bond donors (Lipinski definition) is 1. The Balaban J connectivity index is 1.55. The monoisotopic (exact) mass is 474 g/mol. The molecule has 3 aromatic rings. The van der Waals surface area contributed by atoms with Crippen molar-refractivity contribution in [2.45, 2.75) is 6.17 Å². The maximum absolute atomic E-state index is 13.7. The SMILES string of the molecule is COc1ccc(NC(=O)CN2C(=O)c3ccccc3N3C(=O)c4c(ccc(OC)c4OC)C23)cn1. The fraction of sp³-hybridized carbons (Fsp3) is 0.200. The molecule has 1 unspecified atom stereocenters. The summed E-state index contributed by atoms with van der Waals surface area (Å²) in [5.74, 6) is -0.0536. The van der Waals surface area contributed by atoms with Crippen molar-refractivity contribution in [1.29, 1.82) is 0 Å². The molecule has 0 radical (unpaired) electrons. The predicted octanol–water partition coefficient (Wildman–Crippen LogP) is 2.86. The zero-order valence-electron chi connectivity index (χ0n) is 19.3. The molecular weight excluding hydrogens is 452 g/mol. The first kappa shape index (κ1) is 22.2. The topological polar surface area (TPSA) is 110 Å². The number of anilines is 2. The first-order valence-corrected chi connectivity index (χ1v) is 10.8. The third-order valence-electron chi connectivity index (χ3n) is 6.03. The van der Waals surface area contributed by atoms with Crippen molar-refractivity contribution in [3.63, 3.8) is 0 Å². The molecule has 35 heavy (non-hydrogen) atoms. The van der Waals surface area contributed by atoms with E-state index in [4.69, 9.17) is 14.2 Å². The van der Waals surface area contributed by atoms with E-state index in [-0.39, 0.29) is 24.1 Å². The summed E-state index contributed by atoms with van der Waals surface area (Å²) in [6, 6.07) is 13.5. The smallest absolute Gasteiger partial charge is 0.264 e. The molecule has 1 aromatic heterocycles. The fourth-order valence-corrected chi connectivity index (χ4v) is 4.52. The molecular formula is C25H22N4O6. The van der Waals surface area contributed by atoms with Gasteiger partial charge in [-0.25, -0.2) is 4.98 Å². The van der Waals surface area contributed by atoms with E-state index in [0.29, 0.717) is 39.7 Å². The Morgan fingerprint density at radius 3 is 2.46 bits per heavy atom. The lowest BCUT2D eigenvalue weighted by Gasteiger charge is -2.40. The van der Waals surface area contributed by atoms with E-state index in [1.807, 2.05) is 0 Å². The van der Waals surface area contributed by atoms with E-state index in [9.17, 15) is 14.4 Å². The number of carbonyl (C=O) groups is 3. The molecule has 1 atom stereocenters. The van der Waals surface area contributed by atoms with Crippen LogP contribution >= 0.6 is 0 Å². The predicted molar refractivity (Wildman–Crippen MR) is 126 cm³/mol. The number of ether oxygens (including phenoxy) is 3. The average molecular weight is 474 g/mol. The molecule has 0 saturated carbocycles. The number of aromatic nitrogens is 1. The zero-order chi connectivity index (χ0) is 24.7. The van der Waals surface area contributed by atoms with Gasteiger partial charge in [-0.05, 0) is 24.3 Å². The van der Waals surface area contributed by atoms with Crippen LogP contribution in [0.2, 0.25) is 0 Å². The quantitative estimate of drug-likeness (QED) is 0.585. The van der Waals surface area contributed by atoms with Crippen molar-refractivity contribution < 1.29 is 28.6 Å². The van der Waals surface area contributed by atoms with E-state index in [2.05, 4.69) is 10.3 Å². The number of carbonyl (C=O) groups excluding carboxylic acids is 3. The van der Waals surface area contributed by atoms with Crippen LogP contribution in [0.3, 0.4) is 0 Å². The van der Waals surface area contributed by atoms with Gasteiger partial charge in [0.1, 0.15) is 12.7 Å². The Bertz CT molecular complexity index is 1340. The molecule has 2 aromatic carbocycles. The van der Waals surface area contributed by atoms with Gasteiger partial charge in [-0.1, -0.05) is 18.2 Å². The number of para-hydroxylation sites is 1. The lowest BCUT2D eigenvalue weighted by Crippen LogP contribution is -2.50. The molecule has 0 saturated heterocycles. The number of methoxy groups -OCH3 is 3. The number of nitrogens with one attached hydrogen (secondary N) is 1. The van der Waals surface area contributed by atoms with Crippen molar-refractivity contribution in [2.75, 3.05) is 38.1 Å². The van der Waals surface area contributed by atoms with Crippen LogP contribution in [0.25, 0.3) is 0 Å². The van der Waals surface area contributed by atoms with Gasteiger partial charge in [0.2, 0.25) is 11.8 Å². The van der Waals surface area contributed by atoms with Gasteiger partial charge in [0.15, 0.2) is 11.5 Å². The van der Waals surface area contributed by atoms with Crippen LogP contribution in [0.1, 0.15) is 32.4 Å². The zero-order valence-corrected chi connectivity index (χ0v) is 19.3. The maximum Gasteiger partial charge on any atom is 0.264 e. The van der Waals surface area contributed by atoms with Gasteiger partial charge >= 0.3 is 0 Å². The third kappa shape index (κ3) is 3.50. The summed E-state index contributed by atoms with van der Waals surface area (Å²) >= 11 is 0. The largest absolute Gasteiger partial charge is 0.493 e. The first-order chi connectivity index (χ1) is 17.0. The summed E-state index contributed by atoms with van der Waals surface area (Å²) in [6.07, 6.45) is 0.640. The minimum absolute atomic E-state index is 0.281. The number of amides is 3. The normalized spacial score (nSPS) is 15.8. The van der Waals surface area contributed by atoms with Crippen LogP contribution in [0.15, 0.2) is 54.7 Å². The standard InChI is InChI=1S/C25H22N4O6/c1-33-18-10-9-16-21(22(18)35-3)25(32)29-17-7-5-4-6-15(17)24(31)28(23(16)29)13-19(30)27-14-8-11-20(34-2)26-12-14/h4-12,23H,13H2,1-3H3,(H,27,30). The highest BCUT2D eigenvalue weighted by atomic mass is 16.5. The molecule has 10 nitrogen and oxygen atoms in total. The summed E-state index contributed by atoms with van der Waals surface area (Å²) in [4.78, 5) is 47.2. The Kier molecular flexibility index (Phi) is 5.48. The molecule has 1 N–H and O–H groups in total. The summed E-state index contributed by atoms with van der Waals surface area (Å²) in [7, 11) is 4.44. The molecule has 0 spiro atoms. The van der Waals surface area contributed by atoms with Gasteiger partial charge in [-0.3, -0.25) is 19.3 Å². The lowest BCUT2D eigenvalue weighted by atomic mass is 10.0. The second-order valence-corrected chi connectivity index (χ2v) is 7.90. The van der Waals surface area contributed by atoms with Crippen molar-refractivity contribution in [1.82, 2.24) is 9.88 Å². The second kappa shape index (κ2) is 8.64. The van der Waals surface area contributed by atoms with Crippen molar-refractivity contribution in [3.05, 3.63) is 71.4 Å². The van der Waals surface area contributed by atoms with E-state index < -0.39 is 12.1 Å². The van der Waals surface area contributed by atoms with E-state index in [0.717, 1.165) is 0 Å². The Hall–Kier alpha value is -4.60. The summed E-state index contributed by atoms with van der Waals surface area (Å²) in [5.41, 5.74) is 2.10. The molecule has 3 amide bonds. The molecule has 5 rings (SSSR count). The van der Waals surface area contributed by atoms with Gasteiger partial charge in [-0.15, -0.1) is 0 Å². The number of rotatable bonds is 6. The van der Waals surface area contributed by atoms with Crippen LogP contribution in [0.5, 0.6) is 17.4 Å². The molecule has 0 aliphatic carbocycles. The second-order valence-electron chi connectivity index (χ2n) is 7.90. The Labute approximate surface area is 201 Å².